The Labute approximate surface area is 130 Å². The first-order valence-corrected chi connectivity index (χ1v) is 8.20. The molecule has 0 aliphatic heterocycles. The fourth-order valence-electron chi connectivity index (χ4n) is 1.68. The Morgan fingerprint density at radius 2 is 1.59 bits per heavy atom. The van der Waals surface area contributed by atoms with Crippen LogP contribution in [0.1, 0.15) is 12.5 Å². The average molecular weight is 327 g/mol. The normalized spacial score (nSPS) is 11.3. The molecule has 0 fully saturated rings. The van der Waals surface area contributed by atoms with Gasteiger partial charge in [-0.1, -0.05) is 12.1 Å². The van der Waals surface area contributed by atoms with Crippen LogP contribution in [0.25, 0.3) is 0 Å². The van der Waals surface area contributed by atoms with Crippen LogP contribution in [-0.2, 0) is 26.0 Å². The van der Waals surface area contributed by atoms with Crippen molar-refractivity contribution in [2.24, 2.45) is 0 Å². The minimum absolute atomic E-state index is 0.146. The lowest BCUT2D eigenvalue weighted by Crippen LogP contribution is -2.34. The van der Waals surface area contributed by atoms with Crippen LogP contribution in [0, 0.1) is 0 Å². The second-order valence-electron chi connectivity index (χ2n) is 4.94. The highest BCUT2D eigenvalue weighted by Gasteiger charge is 2.16. The maximum Gasteiger partial charge on any atom is 0.242 e. The molecule has 2 N–H and O–H groups in total. The van der Waals surface area contributed by atoms with Gasteiger partial charge in [-0.05, 0) is 17.7 Å². The van der Waals surface area contributed by atoms with E-state index in [0.717, 1.165) is 9.87 Å². The molecule has 0 unspecified atom stereocenters. The molecule has 0 spiro atoms. The molecule has 122 valence electrons. The molecule has 8 heteroatoms. The molecule has 1 aromatic rings. The van der Waals surface area contributed by atoms with Gasteiger partial charge in [-0.2, -0.15) is 0 Å². The maximum atomic E-state index is 11.9. The molecule has 0 radical (unpaired) electrons. The van der Waals surface area contributed by atoms with Crippen molar-refractivity contribution in [3.05, 3.63) is 29.8 Å². The molecule has 2 amide bonds. The molecule has 1 rings (SSSR count). The van der Waals surface area contributed by atoms with E-state index in [1.165, 1.54) is 33.2 Å². The van der Waals surface area contributed by atoms with Gasteiger partial charge in [-0.15, -0.1) is 0 Å². The third kappa shape index (κ3) is 5.45. The number of nitrogens with one attached hydrogen (secondary N) is 2. The quantitative estimate of drug-likeness (QED) is 0.674. The first-order chi connectivity index (χ1) is 10.2. The number of carbonyl (C=O) groups is 2. The number of rotatable bonds is 7. The van der Waals surface area contributed by atoms with E-state index in [1.807, 2.05) is 0 Å². The van der Waals surface area contributed by atoms with Crippen molar-refractivity contribution in [2.75, 3.05) is 27.2 Å². The zero-order chi connectivity index (χ0) is 16.8. The predicted molar refractivity (Wildman–Crippen MR) is 82.7 cm³/mol. The van der Waals surface area contributed by atoms with Crippen molar-refractivity contribution in [2.45, 2.75) is 18.2 Å². The van der Waals surface area contributed by atoms with Crippen molar-refractivity contribution in [1.82, 2.24) is 14.9 Å². The molecule has 0 atom stereocenters. The number of hydrogen-bond acceptors (Lipinski definition) is 4. The molecule has 0 saturated carbocycles. The number of sulfonamides is 1. The molecular formula is C14H21N3O4S. The summed E-state index contributed by atoms with van der Waals surface area (Å²) >= 11 is 0. The summed E-state index contributed by atoms with van der Waals surface area (Å²) in [5, 5.41) is 5.24. The van der Waals surface area contributed by atoms with Gasteiger partial charge < -0.3 is 10.6 Å². The second kappa shape index (κ2) is 7.90. The first-order valence-electron chi connectivity index (χ1n) is 6.76. The Hall–Kier alpha value is -1.93. The van der Waals surface area contributed by atoms with Crippen LogP contribution in [0.5, 0.6) is 0 Å². The topological polar surface area (TPSA) is 95.6 Å². The van der Waals surface area contributed by atoms with Gasteiger partial charge >= 0.3 is 0 Å². The lowest BCUT2D eigenvalue weighted by atomic mass is 10.1. The summed E-state index contributed by atoms with van der Waals surface area (Å²) in [5.41, 5.74) is 0.717. The van der Waals surface area contributed by atoms with Gasteiger partial charge in [0.15, 0.2) is 0 Å². The molecule has 0 aromatic heterocycles. The summed E-state index contributed by atoms with van der Waals surface area (Å²) in [6, 6.07) is 6.19. The molecule has 0 saturated heterocycles. The van der Waals surface area contributed by atoms with E-state index in [4.69, 9.17) is 0 Å². The molecule has 0 aliphatic rings. The minimum atomic E-state index is -3.46. The average Bonchev–Trinajstić information content (AvgIpc) is 2.44. The number of carbonyl (C=O) groups excluding carboxylic acids is 2. The zero-order valence-corrected chi connectivity index (χ0v) is 13.7. The van der Waals surface area contributed by atoms with Crippen molar-refractivity contribution in [3.8, 4) is 0 Å². The van der Waals surface area contributed by atoms with Gasteiger partial charge in [0.05, 0.1) is 11.3 Å². The fourth-order valence-corrected chi connectivity index (χ4v) is 2.58. The van der Waals surface area contributed by atoms with Gasteiger partial charge in [0.1, 0.15) is 0 Å². The highest BCUT2D eigenvalue weighted by molar-refractivity contribution is 7.89. The van der Waals surface area contributed by atoms with E-state index < -0.39 is 10.0 Å². The van der Waals surface area contributed by atoms with Crippen LogP contribution in [0.15, 0.2) is 29.2 Å². The molecule has 0 heterocycles. The zero-order valence-electron chi connectivity index (χ0n) is 12.9. The van der Waals surface area contributed by atoms with E-state index in [0.29, 0.717) is 13.1 Å². The number of nitrogens with zero attached hydrogens (tertiary/aromatic N) is 1. The molecule has 7 nitrogen and oxygen atoms in total. The van der Waals surface area contributed by atoms with Crippen LogP contribution in [-0.4, -0.2) is 51.7 Å². The second-order valence-corrected chi connectivity index (χ2v) is 7.09. The molecule has 22 heavy (non-hydrogen) atoms. The summed E-state index contributed by atoms with van der Waals surface area (Å²) in [6.07, 6.45) is 0.155. The van der Waals surface area contributed by atoms with Crippen LogP contribution in [0.2, 0.25) is 0 Å². The van der Waals surface area contributed by atoms with E-state index in [1.54, 1.807) is 12.1 Å². The summed E-state index contributed by atoms with van der Waals surface area (Å²) in [4.78, 5) is 22.5. The highest BCUT2D eigenvalue weighted by Crippen LogP contribution is 2.14. The van der Waals surface area contributed by atoms with Crippen molar-refractivity contribution >= 4 is 21.8 Å². The van der Waals surface area contributed by atoms with Gasteiger partial charge in [0.25, 0.3) is 0 Å². The SMILES string of the molecule is CC(=O)NCCNC(=O)Cc1ccc(S(=O)(=O)N(C)C)cc1. The highest BCUT2D eigenvalue weighted by atomic mass is 32.2. The largest absolute Gasteiger partial charge is 0.355 e. The first kappa shape index (κ1) is 18.1. The molecular weight excluding hydrogens is 306 g/mol. The van der Waals surface area contributed by atoms with Crippen molar-refractivity contribution in [3.63, 3.8) is 0 Å². The number of hydrogen-bond donors (Lipinski definition) is 2. The van der Waals surface area contributed by atoms with Gasteiger partial charge in [-0.3, -0.25) is 9.59 Å². The van der Waals surface area contributed by atoms with E-state index >= 15 is 0 Å². The van der Waals surface area contributed by atoms with Crippen molar-refractivity contribution in [1.29, 1.82) is 0 Å². The van der Waals surface area contributed by atoms with E-state index in [-0.39, 0.29) is 23.1 Å². The predicted octanol–water partition coefficient (Wildman–Crippen LogP) is -0.268. The van der Waals surface area contributed by atoms with E-state index in [2.05, 4.69) is 10.6 Å². The number of amides is 2. The summed E-state index contributed by atoms with van der Waals surface area (Å²) in [6.45, 7) is 2.14. The van der Waals surface area contributed by atoms with E-state index in [9.17, 15) is 18.0 Å². The molecule has 0 bridgehead atoms. The third-order valence-corrected chi connectivity index (χ3v) is 4.72. The summed E-state index contributed by atoms with van der Waals surface area (Å²) in [5.74, 6) is -0.333. The minimum Gasteiger partial charge on any atom is -0.355 e. The fraction of sp³-hybridized carbons (Fsp3) is 0.429. The lowest BCUT2D eigenvalue weighted by Gasteiger charge is -2.11. The Morgan fingerprint density at radius 1 is 1.05 bits per heavy atom. The van der Waals surface area contributed by atoms with Gasteiger partial charge in [0, 0.05) is 34.1 Å². The maximum absolute atomic E-state index is 11.9. The standard InChI is InChI=1S/C14H21N3O4S/c1-11(18)15-8-9-16-14(19)10-12-4-6-13(7-5-12)22(20,21)17(2)3/h4-7H,8-10H2,1-3H3,(H,15,18)(H,16,19). The lowest BCUT2D eigenvalue weighted by molar-refractivity contribution is -0.121. The van der Waals surface area contributed by atoms with Crippen LogP contribution in [0.4, 0.5) is 0 Å². The summed E-state index contributed by atoms with van der Waals surface area (Å²) < 4.78 is 24.9. The monoisotopic (exact) mass is 327 g/mol. The molecule has 1 aromatic carbocycles. The van der Waals surface area contributed by atoms with Gasteiger partial charge in [-0.25, -0.2) is 12.7 Å². The third-order valence-electron chi connectivity index (χ3n) is 2.89. The Kier molecular flexibility index (Phi) is 6.51. The number of benzene rings is 1. The van der Waals surface area contributed by atoms with Crippen LogP contribution in [0.3, 0.4) is 0 Å². The smallest absolute Gasteiger partial charge is 0.242 e. The molecule has 0 aliphatic carbocycles. The Bertz CT molecular complexity index is 624. The Morgan fingerprint density at radius 3 is 2.09 bits per heavy atom. The van der Waals surface area contributed by atoms with Crippen LogP contribution >= 0.6 is 0 Å². The van der Waals surface area contributed by atoms with Gasteiger partial charge in [0.2, 0.25) is 21.8 Å². The summed E-state index contributed by atoms with van der Waals surface area (Å²) in [7, 11) is -0.527. The Balaban J connectivity index is 2.54. The van der Waals surface area contributed by atoms with Crippen molar-refractivity contribution < 1.29 is 18.0 Å². The van der Waals surface area contributed by atoms with Crippen LogP contribution < -0.4 is 10.6 Å².